The van der Waals surface area contributed by atoms with Crippen LogP contribution >= 0.6 is 31.9 Å². The minimum absolute atomic E-state index is 0.279. The smallest absolute Gasteiger partial charge is 0.273 e. The molecule has 1 heterocycles. The number of aromatic nitrogens is 2. The van der Waals surface area contributed by atoms with Crippen molar-refractivity contribution in [2.24, 2.45) is 0 Å². The Hall–Kier alpha value is -1.34. The van der Waals surface area contributed by atoms with Crippen molar-refractivity contribution >= 4 is 49.3 Å². The number of nitrogens with two attached hydrogens (primary N) is 1. The molecule has 0 aliphatic carbocycles. The zero-order chi connectivity index (χ0) is 12.4. The number of nitrogens with zero attached hydrogens (tertiary/aromatic N) is 1. The molecule has 1 aromatic carbocycles. The van der Waals surface area contributed by atoms with E-state index in [0.29, 0.717) is 11.4 Å². The average molecular weight is 360 g/mol. The molecule has 0 saturated heterocycles. The van der Waals surface area contributed by atoms with Crippen LogP contribution in [-0.2, 0) is 0 Å². The predicted octanol–water partition coefficient (Wildman–Crippen LogP) is 2.77. The number of para-hydroxylation sites is 1. The lowest BCUT2D eigenvalue weighted by atomic mass is 10.3. The lowest BCUT2D eigenvalue weighted by molar-refractivity contribution is 0.102. The molecule has 17 heavy (non-hydrogen) atoms. The fraction of sp³-hybridized carbons (Fsp3) is 0. The van der Waals surface area contributed by atoms with E-state index in [9.17, 15) is 4.79 Å². The number of hydrogen-bond acceptors (Lipinski definition) is 3. The van der Waals surface area contributed by atoms with Crippen molar-refractivity contribution < 1.29 is 4.79 Å². The van der Waals surface area contributed by atoms with E-state index in [1.165, 1.54) is 6.07 Å². The average Bonchev–Trinajstić information content (AvgIpc) is 2.70. The van der Waals surface area contributed by atoms with E-state index >= 15 is 0 Å². The van der Waals surface area contributed by atoms with Gasteiger partial charge in [-0.2, -0.15) is 5.10 Å². The molecule has 0 radical (unpaired) electrons. The summed E-state index contributed by atoms with van der Waals surface area (Å²) in [6.45, 7) is 0. The van der Waals surface area contributed by atoms with Gasteiger partial charge in [0.05, 0.1) is 5.69 Å². The largest absolute Gasteiger partial charge is 0.382 e. The maximum atomic E-state index is 11.9. The summed E-state index contributed by atoms with van der Waals surface area (Å²) >= 11 is 6.72. The van der Waals surface area contributed by atoms with Gasteiger partial charge in [0.2, 0.25) is 0 Å². The summed E-state index contributed by atoms with van der Waals surface area (Å²) in [7, 11) is 0. The number of H-pyrrole nitrogens is 1. The molecule has 5 nitrogen and oxygen atoms in total. The van der Waals surface area contributed by atoms with Crippen molar-refractivity contribution in [2.75, 3.05) is 11.1 Å². The molecule has 0 fully saturated rings. The minimum Gasteiger partial charge on any atom is -0.382 e. The van der Waals surface area contributed by atoms with Crippen LogP contribution in [0.3, 0.4) is 0 Å². The van der Waals surface area contributed by atoms with Crippen LogP contribution in [0, 0.1) is 0 Å². The molecule has 0 atom stereocenters. The van der Waals surface area contributed by atoms with Gasteiger partial charge >= 0.3 is 0 Å². The second-order valence-corrected chi connectivity index (χ2v) is 4.97. The van der Waals surface area contributed by atoms with Crippen LogP contribution in [0.25, 0.3) is 0 Å². The predicted molar refractivity (Wildman–Crippen MR) is 72.8 cm³/mol. The Bertz CT molecular complexity index is 547. The van der Waals surface area contributed by atoms with E-state index in [0.717, 1.165) is 8.95 Å². The highest BCUT2D eigenvalue weighted by molar-refractivity contribution is 9.11. The molecule has 4 N–H and O–H groups in total. The topological polar surface area (TPSA) is 83.8 Å². The number of carbonyl (C=O) groups excluding carboxylic acids is 1. The first-order valence-electron chi connectivity index (χ1n) is 4.64. The number of halogens is 2. The van der Waals surface area contributed by atoms with Gasteiger partial charge in [-0.05, 0) is 44.0 Å². The van der Waals surface area contributed by atoms with Crippen LogP contribution in [0.5, 0.6) is 0 Å². The molecular weight excluding hydrogens is 352 g/mol. The van der Waals surface area contributed by atoms with Crippen molar-refractivity contribution in [3.05, 3.63) is 38.9 Å². The highest BCUT2D eigenvalue weighted by Gasteiger charge is 2.12. The number of nitrogens with one attached hydrogen (secondary N) is 2. The molecule has 0 spiro atoms. The molecule has 88 valence electrons. The molecule has 7 heteroatoms. The van der Waals surface area contributed by atoms with Crippen molar-refractivity contribution in [1.29, 1.82) is 0 Å². The number of carbonyl (C=O) groups is 1. The van der Waals surface area contributed by atoms with Crippen LogP contribution < -0.4 is 11.1 Å². The van der Waals surface area contributed by atoms with Crippen LogP contribution in [0.1, 0.15) is 10.5 Å². The standard InChI is InChI=1S/C10H8Br2N4O/c11-5-2-1-3-6(12)9(5)14-10(17)7-4-8(13)16-15-7/h1-4H,(H,14,17)(H3,13,15,16). The number of aromatic amines is 1. The number of rotatable bonds is 2. The zero-order valence-corrected chi connectivity index (χ0v) is 11.7. The second kappa shape index (κ2) is 4.89. The van der Waals surface area contributed by atoms with Gasteiger partial charge in [0.15, 0.2) is 0 Å². The minimum atomic E-state index is -0.304. The highest BCUT2D eigenvalue weighted by atomic mass is 79.9. The van der Waals surface area contributed by atoms with Gasteiger partial charge in [-0.25, -0.2) is 0 Å². The van der Waals surface area contributed by atoms with Crippen LogP contribution in [0.4, 0.5) is 11.5 Å². The van der Waals surface area contributed by atoms with Crippen molar-refractivity contribution in [2.45, 2.75) is 0 Å². The Labute approximate surface area is 114 Å². The molecule has 1 amide bonds. The van der Waals surface area contributed by atoms with Crippen molar-refractivity contribution in [3.63, 3.8) is 0 Å². The lowest BCUT2D eigenvalue weighted by Crippen LogP contribution is -2.13. The lowest BCUT2D eigenvalue weighted by Gasteiger charge is -2.08. The van der Waals surface area contributed by atoms with E-state index in [4.69, 9.17) is 5.73 Å². The van der Waals surface area contributed by atoms with E-state index in [1.807, 2.05) is 18.2 Å². The fourth-order valence-corrected chi connectivity index (χ4v) is 2.45. The van der Waals surface area contributed by atoms with E-state index in [1.54, 1.807) is 0 Å². The first-order valence-corrected chi connectivity index (χ1v) is 6.23. The molecule has 2 aromatic rings. The first-order chi connectivity index (χ1) is 8.08. The molecule has 0 unspecified atom stereocenters. The highest BCUT2D eigenvalue weighted by Crippen LogP contribution is 2.30. The first kappa shape index (κ1) is 12.1. The van der Waals surface area contributed by atoms with E-state index < -0.39 is 0 Å². The SMILES string of the molecule is Nc1cc(C(=O)Nc2c(Br)cccc2Br)[nH]n1. The third-order valence-electron chi connectivity index (χ3n) is 2.04. The summed E-state index contributed by atoms with van der Waals surface area (Å²) in [5, 5.41) is 8.99. The van der Waals surface area contributed by atoms with Gasteiger partial charge in [0.25, 0.3) is 5.91 Å². The van der Waals surface area contributed by atoms with Gasteiger partial charge in [-0.1, -0.05) is 6.07 Å². The van der Waals surface area contributed by atoms with Gasteiger partial charge < -0.3 is 11.1 Å². The summed E-state index contributed by atoms with van der Waals surface area (Å²) in [4.78, 5) is 11.9. The monoisotopic (exact) mass is 358 g/mol. The normalized spacial score (nSPS) is 10.2. The molecule has 0 saturated carbocycles. The maximum Gasteiger partial charge on any atom is 0.273 e. The molecule has 0 bridgehead atoms. The fourth-order valence-electron chi connectivity index (χ4n) is 1.25. The van der Waals surface area contributed by atoms with E-state index in [2.05, 4.69) is 47.4 Å². The van der Waals surface area contributed by atoms with Gasteiger partial charge in [-0.3, -0.25) is 9.89 Å². The Kier molecular flexibility index (Phi) is 3.49. The van der Waals surface area contributed by atoms with Crippen LogP contribution in [-0.4, -0.2) is 16.1 Å². The Morgan fingerprint density at radius 2 is 2.00 bits per heavy atom. The molecule has 0 aliphatic rings. The van der Waals surface area contributed by atoms with Crippen LogP contribution in [0.15, 0.2) is 33.2 Å². The third kappa shape index (κ3) is 2.67. The zero-order valence-electron chi connectivity index (χ0n) is 8.50. The molecular formula is C10H8Br2N4O. The number of anilines is 2. The van der Waals surface area contributed by atoms with Crippen molar-refractivity contribution in [3.8, 4) is 0 Å². The Morgan fingerprint density at radius 1 is 1.35 bits per heavy atom. The molecule has 2 rings (SSSR count). The second-order valence-electron chi connectivity index (χ2n) is 3.26. The molecule has 0 aliphatic heterocycles. The third-order valence-corrected chi connectivity index (χ3v) is 3.37. The van der Waals surface area contributed by atoms with Crippen LogP contribution in [0.2, 0.25) is 0 Å². The number of hydrogen-bond donors (Lipinski definition) is 3. The summed E-state index contributed by atoms with van der Waals surface area (Å²) < 4.78 is 1.57. The quantitative estimate of drug-likeness (QED) is 0.770. The summed E-state index contributed by atoms with van der Waals surface area (Å²) in [5.41, 5.74) is 6.40. The summed E-state index contributed by atoms with van der Waals surface area (Å²) in [6, 6.07) is 7.00. The molecule has 1 aromatic heterocycles. The van der Waals surface area contributed by atoms with Gasteiger partial charge in [0.1, 0.15) is 11.5 Å². The maximum absolute atomic E-state index is 11.9. The summed E-state index contributed by atoms with van der Waals surface area (Å²) in [5.74, 6) is -0.0249. The number of nitrogen functional groups attached to an aromatic ring is 1. The Balaban J connectivity index is 2.24. The van der Waals surface area contributed by atoms with E-state index in [-0.39, 0.29) is 11.7 Å². The van der Waals surface area contributed by atoms with Gasteiger partial charge in [0, 0.05) is 15.0 Å². The summed E-state index contributed by atoms with van der Waals surface area (Å²) in [6.07, 6.45) is 0. The Morgan fingerprint density at radius 3 is 2.53 bits per heavy atom. The number of amides is 1. The van der Waals surface area contributed by atoms with Crippen molar-refractivity contribution in [1.82, 2.24) is 10.2 Å². The van der Waals surface area contributed by atoms with Gasteiger partial charge in [-0.15, -0.1) is 0 Å². The number of benzene rings is 1.